The minimum atomic E-state index is -3.65. The highest BCUT2D eigenvalue weighted by Gasteiger charge is 2.34. The van der Waals surface area contributed by atoms with Crippen LogP contribution in [0.4, 0.5) is 0 Å². The summed E-state index contributed by atoms with van der Waals surface area (Å²) in [7, 11) is -3.65. The number of hydrogen-bond acceptors (Lipinski definition) is 4. The molecule has 0 aromatic carbocycles. The smallest absolute Gasteiger partial charge is 0.322 e. The Kier molecular flexibility index (Phi) is 4.84. The fourth-order valence-corrected chi connectivity index (χ4v) is 3.70. The minimum Gasteiger partial charge on any atom is -0.480 e. The Balaban J connectivity index is 2.78. The van der Waals surface area contributed by atoms with Gasteiger partial charge in [-0.3, -0.25) is 9.78 Å². The van der Waals surface area contributed by atoms with Crippen LogP contribution >= 0.6 is 0 Å². The lowest BCUT2D eigenvalue weighted by Gasteiger charge is -2.16. The van der Waals surface area contributed by atoms with Crippen LogP contribution < -0.4 is 0 Å². The van der Waals surface area contributed by atoms with E-state index >= 15 is 0 Å². The molecular formula is C12H17NO4S. The lowest BCUT2D eigenvalue weighted by atomic mass is 10.1. The molecule has 1 N–H and O–H groups in total. The Morgan fingerprint density at radius 1 is 1.44 bits per heavy atom. The van der Waals surface area contributed by atoms with Gasteiger partial charge < -0.3 is 5.11 Å². The zero-order chi connectivity index (χ0) is 13.8. The van der Waals surface area contributed by atoms with E-state index in [9.17, 15) is 13.2 Å². The van der Waals surface area contributed by atoms with E-state index in [0.29, 0.717) is 0 Å². The first-order valence-corrected chi connectivity index (χ1v) is 7.39. The summed E-state index contributed by atoms with van der Waals surface area (Å²) in [6.07, 6.45) is 3.47. The summed E-state index contributed by atoms with van der Waals surface area (Å²) in [5.74, 6) is -1.90. The van der Waals surface area contributed by atoms with Gasteiger partial charge in [0.25, 0.3) is 0 Å². The highest BCUT2D eigenvalue weighted by molar-refractivity contribution is 7.92. The monoisotopic (exact) mass is 271 g/mol. The van der Waals surface area contributed by atoms with Crippen LogP contribution in [0.25, 0.3) is 0 Å². The van der Waals surface area contributed by atoms with Gasteiger partial charge in [-0.15, -0.1) is 0 Å². The van der Waals surface area contributed by atoms with Crippen LogP contribution in [0.5, 0.6) is 0 Å². The number of hydrogen-bond donors (Lipinski definition) is 1. The first-order chi connectivity index (χ1) is 8.34. The van der Waals surface area contributed by atoms with Gasteiger partial charge in [0, 0.05) is 12.4 Å². The number of aromatic nitrogens is 1. The molecule has 0 spiro atoms. The molecule has 0 radical (unpaired) electrons. The number of sulfone groups is 1. The maximum Gasteiger partial charge on any atom is 0.322 e. The Morgan fingerprint density at radius 2 is 2.11 bits per heavy atom. The maximum absolute atomic E-state index is 12.0. The van der Waals surface area contributed by atoms with Gasteiger partial charge in [0.05, 0.1) is 5.75 Å². The van der Waals surface area contributed by atoms with Crippen molar-refractivity contribution in [2.75, 3.05) is 5.75 Å². The van der Waals surface area contributed by atoms with Gasteiger partial charge in [0.15, 0.2) is 15.1 Å². The summed E-state index contributed by atoms with van der Waals surface area (Å²) in [6.45, 7) is 3.20. The SMILES string of the molecule is CC(C)C(C(=O)O)S(=O)(=O)CCc1cccnc1. The zero-order valence-electron chi connectivity index (χ0n) is 10.4. The number of aryl methyl sites for hydroxylation is 1. The Hall–Kier alpha value is -1.43. The molecule has 1 unspecified atom stereocenters. The molecule has 5 nitrogen and oxygen atoms in total. The molecule has 0 aliphatic carbocycles. The van der Waals surface area contributed by atoms with Gasteiger partial charge in [-0.25, -0.2) is 8.42 Å². The topological polar surface area (TPSA) is 84.3 Å². The molecule has 0 amide bonds. The van der Waals surface area contributed by atoms with Crippen molar-refractivity contribution in [2.24, 2.45) is 5.92 Å². The molecule has 0 saturated heterocycles. The van der Waals surface area contributed by atoms with E-state index in [-0.39, 0.29) is 12.2 Å². The van der Waals surface area contributed by atoms with Gasteiger partial charge in [0.1, 0.15) is 0 Å². The Bertz CT molecular complexity index is 496. The van der Waals surface area contributed by atoms with Crippen LogP contribution in [0.15, 0.2) is 24.5 Å². The molecule has 1 atom stereocenters. The first kappa shape index (κ1) is 14.6. The summed E-state index contributed by atoms with van der Waals surface area (Å²) in [4.78, 5) is 14.9. The molecule has 0 aliphatic rings. The maximum atomic E-state index is 12.0. The third-order valence-electron chi connectivity index (χ3n) is 2.63. The second-order valence-electron chi connectivity index (χ2n) is 4.48. The molecule has 6 heteroatoms. The average Bonchev–Trinajstić information content (AvgIpc) is 2.26. The van der Waals surface area contributed by atoms with Crippen LogP contribution in [0.3, 0.4) is 0 Å². The predicted octanol–water partition coefficient (Wildman–Crippen LogP) is 1.15. The van der Waals surface area contributed by atoms with Crippen molar-refractivity contribution in [3.05, 3.63) is 30.1 Å². The number of carbonyl (C=O) groups is 1. The van der Waals surface area contributed by atoms with Gasteiger partial charge in [-0.05, 0) is 24.0 Å². The van der Waals surface area contributed by atoms with E-state index in [4.69, 9.17) is 5.11 Å². The molecular weight excluding hydrogens is 254 g/mol. The quantitative estimate of drug-likeness (QED) is 0.839. The second kappa shape index (κ2) is 5.95. The van der Waals surface area contributed by atoms with Gasteiger partial charge in [0.2, 0.25) is 0 Å². The molecule has 1 aromatic heterocycles. The van der Waals surface area contributed by atoms with E-state index in [1.165, 1.54) is 0 Å². The largest absolute Gasteiger partial charge is 0.480 e. The van der Waals surface area contributed by atoms with Crippen molar-refractivity contribution >= 4 is 15.8 Å². The van der Waals surface area contributed by atoms with Crippen molar-refractivity contribution in [2.45, 2.75) is 25.5 Å². The summed E-state index contributed by atoms with van der Waals surface area (Å²) < 4.78 is 24.0. The molecule has 100 valence electrons. The van der Waals surface area contributed by atoms with Crippen LogP contribution in [0.1, 0.15) is 19.4 Å². The van der Waals surface area contributed by atoms with Crippen molar-refractivity contribution in [1.29, 1.82) is 0 Å². The van der Waals surface area contributed by atoms with Crippen molar-refractivity contribution in [3.8, 4) is 0 Å². The lowest BCUT2D eigenvalue weighted by molar-refractivity contribution is -0.137. The number of nitrogens with zero attached hydrogens (tertiary/aromatic N) is 1. The third kappa shape index (κ3) is 3.80. The van der Waals surface area contributed by atoms with Crippen LogP contribution in [0, 0.1) is 5.92 Å². The summed E-state index contributed by atoms with van der Waals surface area (Å²) in [5, 5.41) is 7.65. The number of aliphatic carboxylic acids is 1. The zero-order valence-corrected chi connectivity index (χ0v) is 11.2. The minimum absolute atomic E-state index is 0.173. The number of pyridine rings is 1. The van der Waals surface area contributed by atoms with Crippen LogP contribution in [0.2, 0.25) is 0 Å². The molecule has 1 heterocycles. The van der Waals surface area contributed by atoms with Crippen molar-refractivity contribution in [3.63, 3.8) is 0 Å². The van der Waals surface area contributed by atoms with Crippen LogP contribution in [-0.2, 0) is 21.1 Å². The first-order valence-electron chi connectivity index (χ1n) is 5.68. The average molecular weight is 271 g/mol. The Labute approximate surface area is 107 Å². The third-order valence-corrected chi connectivity index (χ3v) is 4.93. The van der Waals surface area contributed by atoms with E-state index < -0.39 is 27.0 Å². The molecule has 0 bridgehead atoms. The summed E-state index contributed by atoms with van der Waals surface area (Å²) in [5.41, 5.74) is 0.786. The normalized spacial score (nSPS) is 13.5. The standard InChI is InChI=1S/C12H17NO4S/c1-9(2)11(12(14)15)18(16,17)7-5-10-4-3-6-13-8-10/h3-4,6,8-9,11H,5,7H2,1-2H3,(H,14,15). The van der Waals surface area contributed by atoms with Crippen LogP contribution in [-0.4, -0.2) is 35.5 Å². The fraction of sp³-hybridized carbons (Fsp3) is 0.500. The van der Waals surface area contributed by atoms with Crippen molar-refractivity contribution in [1.82, 2.24) is 4.98 Å². The highest BCUT2D eigenvalue weighted by Crippen LogP contribution is 2.15. The summed E-state index contributed by atoms with van der Waals surface area (Å²) in [6, 6.07) is 3.49. The Morgan fingerprint density at radius 3 is 2.56 bits per heavy atom. The summed E-state index contributed by atoms with van der Waals surface area (Å²) >= 11 is 0. The fourth-order valence-electron chi connectivity index (χ4n) is 1.79. The van der Waals surface area contributed by atoms with E-state index in [1.807, 2.05) is 0 Å². The molecule has 0 fully saturated rings. The van der Waals surface area contributed by atoms with E-state index in [1.54, 1.807) is 38.4 Å². The van der Waals surface area contributed by atoms with Gasteiger partial charge in [-0.2, -0.15) is 0 Å². The molecule has 1 rings (SSSR count). The second-order valence-corrected chi connectivity index (χ2v) is 6.72. The number of carboxylic acids is 1. The van der Waals surface area contributed by atoms with Crippen molar-refractivity contribution < 1.29 is 18.3 Å². The van der Waals surface area contributed by atoms with Gasteiger partial charge in [-0.1, -0.05) is 19.9 Å². The predicted molar refractivity (Wildman–Crippen MR) is 68.0 cm³/mol. The lowest BCUT2D eigenvalue weighted by Crippen LogP contribution is -2.37. The molecule has 0 saturated carbocycles. The number of carboxylic acid groups (broad SMARTS) is 1. The van der Waals surface area contributed by atoms with E-state index in [0.717, 1.165) is 5.56 Å². The molecule has 0 aliphatic heterocycles. The highest BCUT2D eigenvalue weighted by atomic mass is 32.2. The molecule has 18 heavy (non-hydrogen) atoms. The van der Waals surface area contributed by atoms with Gasteiger partial charge >= 0.3 is 5.97 Å². The molecule has 1 aromatic rings. The van der Waals surface area contributed by atoms with E-state index in [2.05, 4.69) is 4.98 Å². The number of rotatable bonds is 6.